The van der Waals surface area contributed by atoms with Gasteiger partial charge in [-0.2, -0.15) is 5.26 Å². The van der Waals surface area contributed by atoms with E-state index in [1.807, 2.05) is 19.1 Å². The molecule has 1 aliphatic heterocycles. The second-order valence-corrected chi connectivity index (χ2v) is 4.72. The second-order valence-electron chi connectivity index (χ2n) is 4.72. The Morgan fingerprint density at radius 3 is 3.06 bits per heavy atom. The van der Waals surface area contributed by atoms with Crippen LogP contribution in [-0.4, -0.2) is 25.7 Å². The van der Waals surface area contributed by atoms with Gasteiger partial charge in [0, 0.05) is 31.9 Å². The van der Waals surface area contributed by atoms with Crippen molar-refractivity contribution in [3.63, 3.8) is 0 Å². The minimum absolute atomic E-state index is 0.00336. The summed E-state index contributed by atoms with van der Waals surface area (Å²) >= 11 is 0. The monoisotopic (exact) mass is 244 g/mol. The smallest absolute Gasteiger partial charge is 0.0675 e. The van der Waals surface area contributed by atoms with E-state index < -0.39 is 0 Å². The predicted octanol–water partition coefficient (Wildman–Crippen LogP) is 1.08. The van der Waals surface area contributed by atoms with Crippen molar-refractivity contribution in [1.29, 1.82) is 5.26 Å². The highest BCUT2D eigenvalue weighted by Crippen LogP contribution is 2.25. The van der Waals surface area contributed by atoms with Crippen LogP contribution in [0.5, 0.6) is 0 Å². The lowest BCUT2D eigenvalue weighted by Gasteiger charge is -2.40. The van der Waals surface area contributed by atoms with Gasteiger partial charge in [-0.05, 0) is 18.6 Å². The van der Waals surface area contributed by atoms with Crippen LogP contribution in [0.2, 0.25) is 0 Å². The quantitative estimate of drug-likeness (QED) is 0.835. The van der Waals surface area contributed by atoms with E-state index in [9.17, 15) is 0 Å². The van der Waals surface area contributed by atoms with Gasteiger partial charge in [0.25, 0.3) is 0 Å². The molecule has 0 amide bonds. The topological polar surface area (TPSA) is 65.1 Å². The van der Waals surface area contributed by atoms with Crippen molar-refractivity contribution in [3.8, 4) is 6.07 Å². The fourth-order valence-electron chi connectivity index (χ4n) is 2.52. The van der Waals surface area contributed by atoms with Gasteiger partial charge >= 0.3 is 0 Å². The normalized spacial score (nSPS) is 21.4. The number of piperazine rings is 1. The molecular formula is C14H20N4. The van der Waals surface area contributed by atoms with Crippen molar-refractivity contribution in [2.75, 3.05) is 24.5 Å². The van der Waals surface area contributed by atoms with E-state index in [1.54, 1.807) is 0 Å². The minimum Gasteiger partial charge on any atom is -0.364 e. The Morgan fingerprint density at radius 1 is 1.56 bits per heavy atom. The fourth-order valence-corrected chi connectivity index (χ4v) is 2.52. The molecule has 0 aromatic heterocycles. The van der Waals surface area contributed by atoms with E-state index in [1.165, 1.54) is 5.69 Å². The molecule has 1 fully saturated rings. The summed E-state index contributed by atoms with van der Waals surface area (Å²) in [6, 6.07) is 10.8. The maximum atomic E-state index is 9.15. The summed E-state index contributed by atoms with van der Waals surface area (Å²) in [5.41, 5.74) is 8.13. The number of anilines is 1. The number of nitriles is 1. The molecule has 1 aromatic rings. The number of para-hydroxylation sites is 1. The molecule has 96 valence electrons. The van der Waals surface area contributed by atoms with Gasteiger partial charge in [0.15, 0.2) is 0 Å². The minimum atomic E-state index is 0.00336. The highest BCUT2D eigenvalue weighted by atomic mass is 15.2. The number of hydrogen-bond donors (Lipinski definition) is 2. The summed E-state index contributed by atoms with van der Waals surface area (Å²) in [4.78, 5) is 2.33. The third-order valence-corrected chi connectivity index (χ3v) is 3.59. The zero-order chi connectivity index (χ0) is 13.0. The first-order chi connectivity index (χ1) is 8.77. The Morgan fingerprint density at radius 2 is 2.33 bits per heavy atom. The Labute approximate surface area is 108 Å². The van der Waals surface area contributed by atoms with Crippen LogP contribution >= 0.6 is 0 Å². The molecule has 0 spiro atoms. The average Bonchev–Trinajstić information content (AvgIpc) is 2.46. The standard InChI is InChI=1S/C14H20N4/c1-11(8-15)14-10-17-6-7-18(14)13-5-3-2-4-12(13)9-16/h2-5,11,14,17H,6-7,9-10,16H2,1H3. The predicted molar refractivity (Wildman–Crippen MR) is 73.1 cm³/mol. The molecule has 0 radical (unpaired) electrons. The zero-order valence-electron chi connectivity index (χ0n) is 10.8. The van der Waals surface area contributed by atoms with Gasteiger partial charge < -0.3 is 16.0 Å². The fraction of sp³-hybridized carbons (Fsp3) is 0.500. The van der Waals surface area contributed by atoms with E-state index in [4.69, 9.17) is 11.0 Å². The second kappa shape index (κ2) is 5.85. The number of nitrogens with zero attached hydrogens (tertiary/aromatic N) is 2. The Kier molecular flexibility index (Phi) is 4.19. The van der Waals surface area contributed by atoms with Crippen LogP contribution in [0.15, 0.2) is 24.3 Å². The summed E-state index contributed by atoms with van der Waals surface area (Å²) in [5.74, 6) is 0.00336. The molecule has 1 aliphatic rings. The zero-order valence-corrected chi connectivity index (χ0v) is 10.8. The third-order valence-electron chi connectivity index (χ3n) is 3.59. The van der Waals surface area contributed by atoms with E-state index in [2.05, 4.69) is 28.4 Å². The van der Waals surface area contributed by atoms with Gasteiger partial charge in [0.2, 0.25) is 0 Å². The van der Waals surface area contributed by atoms with Gasteiger partial charge in [0.1, 0.15) is 0 Å². The summed E-state index contributed by atoms with van der Waals surface area (Å²) in [6.07, 6.45) is 0. The van der Waals surface area contributed by atoms with Crippen LogP contribution in [0.4, 0.5) is 5.69 Å². The van der Waals surface area contributed by atoms with Crippen LogP contribution in [0, 0.1) is 17.2 Å². The first kappa shape index (κ1) is 12.9. The van der Waals surface area contributed by atoms with E-state index in [0.717, 1.165) is 25.2 Å². The molecule has 2 atom stereocenters. The number of rotatable bonds is 3. The summed E-state index contributed by atoms with van der Waals surface area (Å²) in [5, 5.41) is 12.5. The molecular weight excluding hydrogens is 224 g/mol. The molecule has 1 heterocycles. The first-order valence-corrected chi connectivity index (χ1v) is 6.43. The van der Waals surface area contributed by atoms with Crippen molar-refractivity contribution in [1.82, 2.24) is 5.32 Å². The lowest BCUT2D eigenvalue weighted by atomic mass is 9.98. The van der Waals surface area contributed by atoms with E-state index in [0.29, 0.717) is 6.54 Å². The Balaban J connectivity index is 2.31. The largest absolute Gasteiger partial charge is 0.364 e. The molecule has 0 saturated carbocycles. The molecule has 0 bridgehead atoms. The summed E-state index contributed by atoms with van der Waals surface area (Å²) in [7, 11) is 0. The molecule has 18 heavy (non-hydrogen) atoms. The van der Waals surface area contributed by atoms with Gasteiger partial charge in [-0.3, -0.25) is 0 Å². The molecule has 4 nitrogen and oxygen atoms in total. The van der Waals surface area contributed by atoms with E-state index >= 15 is 0 Å². The van der Waals surface area contributed by atoms with Gasteiger partial charge in [-0.1, -0.05) is 18.2 Å². The molecule has 1 aromatic carbocycles. The van der Waals surface area contributed by atoms with Crippen molar-refractivity contribution in [3.05, 3.63) is 29.8 Å². The Bertz CT molecular complexity index is 438. The van der Waals surface area contributed by atoms with Crippen LogP contribution in [0.1, 0.15) is 12.5 Å². The van der Waals surface area contributed by atoms with Crippen molar-refractivity contribution >= 4 is 5.69 Å². The number of nitrogens with one attached hydrogen (secondary N) is 1. The highest BCUT2D eigenvalue weighted by molar-refractivity contribution is 5.55. The molecule has 3 N–H and O–H groups in total. The maximum absolute atomic E-state index is 9.15. The van der Waals surface area contributed by atoms with Crippen LogP contribution in [-0.2, 0) is 6.54 Å². The molecule has 4 heteroatoms. The maximum Gasteiger partial charge on any atom is 0.0675 e. The van der Waals surface area contributed by atoms with Crippen LogP contribution < -0.4 is 16.0 Å². The number of nitrogens with two attached hydrogens (primary N) is 1. The number of hydrogen-bond acceptors (Lipinski definition) is 4. The van der Waals surface area contributed by atoms with Crippen molar-refractivity contribution in [2.45, 2.75) is 19.5 Å². The lowest BCUT2D eigenvalue weighted by Crippen LogP contribution is -2.54. The van der Waals surface area contributed by atoms with Crippen LogP contribution in [0.3, 0.4) is 0 Å². The van der Waals surface area contributed by atoms with Gasteiger partial charge in [-0.15, -0.1) is 0 Å². The van der Waals surface area contributed by atoms with E-state index in [-0.39, 0.29) is 12.0 Å². The van der Waals surface area contributed by atoms with Crippen molar-refractivity contribution in [2.24, 2.45) is 11.7 Å². The van der Waals surface area contributed by atoms with Gasteiger partial charge in [0.05, 0.1) is 18.0 Å². The third kappa shape index (κ3) is 2.47. The first-order valence-electron chi connectivity index (χ1n) is 6.43. The molecule has 2 unspecified atom stereocenters. The average molecular weight is 244 g/mol. The van der Waals surface area contributed by atoms with Crippen LogP contribution in [0.25, 0.3) is 0 Å². The molecule has 0 aliphatic carbocycles. The lowest BCUT2D eigenvalue weighted by molar-refractivity contribution is 0.419. The van der Waals surface area contributed by atoms with Gasteiger partial charge in [-0.25, -0.2) is 0 Å². The highest BCUT2D eigenvalue weighted by Gasteiger charge is 2.28. The Hall–Kier alpha value is -1.57. The number of benzene rings is 1. The summed E-state index contributed by atoms with van der Waals surface area (Å²) < 4.78 is 0. The SMILES string of the molecule is CC(C#N)C1CNCCN1c1ccccc1CN. The molecule has 2 rings (SSSR count). The summed E-state index contributed by atoms with van der Waals surface area (Å²) in [6.45, 7) is 5.25. The van der Waals surface area contributed by atoms with Crippen molar-refractivity contribution < 1.29 is 0 Å². The molecule has 1 saturated heterocycles.